The summed E-state index contributed by atoms with van der Waals surface area (Å²) in [5.74, 6) is 1.25. The second kappa shape index (κ2) is 7.56. The normalized spacial score (nSPS) is 14.3. The molecule has 0 saturated heterocycles. The molecule has 4 nitrogen and oxygen atoms in total. The average Bonchev–Trinajstić information content (AvgIpc) is 2.08. The van der Waals surface area contributed by atoms with E-state index in [1.165, 1.54) is 0 Å². The van der Waals surface area contributed by atoms with Gasteiger partial charge in [-0.3, -0.25) is 9.79 Å². The van der Waals surface area contributed by atoms with Gasteiger partial charge in [0.05, 0.1) is 11.8 Å². The molecule has 0 aliphatic carbocycles. The minimum atomic E-state index is -0.712. The predicted octanol–water partition coefficient (Wildman–Crippen LogP) is 1.45. The molecule has 0 fully saturated rings. The third-order valence-electron chi connectivity index (χ3n) is 2.02. The summed E-state index contributed by atoms with van der Waals surface area (Å²) in [4.78, 5) is 14.9. The highest BCUT2D eigenvalue weighted by molar-refractivity contribution is 7.99. The van der Waals surface area contributed by atoms with Crippen molar-refractivity contribution in [3.8, 4) is 0 Å². The lowest BCUT2D eigenvalue weighted by molar-refractivity contribution is -0.142. The number of carboxylic acid groups (broad SMARTS) is 1. The van der Waals surface area contributed by atoms with Crippen LogP contribution in [0, 0.1) is 11.8 Å². The highest BCUT2D eigenvalue weighted by Crippen LogP contribution is 2.17. The van der Waals surface area contributed by atoms with Gasteiger partial charge in [0, 0.05) is 18.1 Å². The molecule has 1 atom stereocenters. The van der Waals surface area contributed by atoms with E-state index in [2.05, 4.69) is 4.99 Å². The zero-order valence-corrected chi connectivity index (χ0v) is 10.4. The summed E-state index contributed by atoms with van der Waals surface area (Å²) in [7, 11) is 0. The summed E-state index contributed by atoms with van der Waals surface area (Å²) >= 11 is 1.62. The fourth-order valence-electron chi connectivity index (χ4n) is 1.05. The number of hydrogen-bond acceptors (Lipinski definition) is 3. The van der Waals surface area contributed by atoms with Gasteiger partial charge in [0.2, 0.25) is 0 Å². The Labute approximate surface area is 95.3 Å². The predicted molar refractivity (Wildman–Crippen MR) is 65.5 cm³/mol. The first kappa shape index (κ1) is 14.3. The first-order valence-corrected chi connectivity index (χ1v) is 6.17. The van der Waals surface area contributed by atoms with Crippen LogP contribution in [-0.2, 0) is 4.79 Å². The maximum absolute atomic E-state index is 10.9. The average molecular weight is 232 g/mol. The molecule has 0 unspecified atom stereocenters. The van der Waals surface area contributed by atoms with Crippen molar-refractivity contribution in [1.82, 2.24) is 0 Å². The van der Waals surface area contributed by atoms with Gasteiger partial charge in [0.15, 0.2) is 0 Å². The van der Waals surface area contributed by atoms with Crippen LogP contribution in [0.5, 0.6) is 0 Å². The van der Waals surface area contributed by atoms with Gasteiger partial charge in [-0.05, 0) is 12.8 Å². The third-order valence-corrected chi connectivity index (χ3v) is 3.08. The maximum atomic E-state index is 10.9. The summed E-state index contributed by atoms with van der Waals surface area (Å²) in [6.45, 7) is 6.28. The number of carboxylic acids is 1. The Bertz CT molecular complexity index is 225. The Hall–Kier alpha value is -0.710. The molecule has 0 bridgehead atoms. The summed E-state index contributed by atoms with van der Waals surface area (Å²) in [6.07, 6.45) is 0. The molecular formula is C10H20N2O2S. The Morgan fingerprint density at radius 1 is 1.53 bits per heavy atom. The van der Waals surface area contributed by atoms with Crippen LogP contribution in [0.25, 0.3) is 0 Å². The molecule has 3 N–H and O–H groups in total. The molecule has 0 heterocycles. The van der Waals surface area contributed by atoms with E-state index in [9.17, 15) is 4.79 Å². The lowest BCUT2D eigenvalue weighted by Gasteiger charge is -2.14. The van der Waals surface area contributed by atoms with Crippen LogP contribution in [0.1, 0.15) is 20.8 Å². The van der Waals surface area contributed by atoms with Crippen LogP contribution in [-0.4, -0.2) is 35.0 Å². The number of rotatable bonds is 7. The smallest absolute Gasteiger partial charge is 0.307 e. The SMILES string of the molecule is CC(N)=NCCSC[C@H](C(=O)O)C(C)C. The van der Waals surface area contributed by atoms with E-state index in [-0.39, 0.29) is 11.8 Å². The Balaban J connectivity index is 3.73. The van der Waals surface area contributed by atoms with Gasteiger partial charge in [-0.2, -0.15) is 11.8 Å². The Kier molecular flexibility index (Phi) is 7.21. The van der Waals surface area contributed by atoms with Crippen LogP contribution in [0.4, 0.5) is 0 Å². The number of nitrogens with zero attached hydrogens (tertiary/aromatic N) is 1. The van der Waals surface area contributed by atoms with Crippen LogP contribution >= 0.6 is 11.8 Å². The Morgan fingerprint density at radius 2 is 2.13 bits per heavy atom. The molecule has 0 aromatic carbocycles. The second-order valence-corrected chi connectivity index (χ2v) is 4.94. The second-order valence-electron chi connectivity index (χ2n) is 3.79. The van der Waals surface area contributed by atoms with Crippen molar-refractivity contribution in [1.29, 1.82) is 0 Å². The standard InChI is InChI=1S/C10H20N2O2S/c1-7(2)9(10(13)14)6-15-5-4-12-8(3)11/h7,9H,4-6H2,1-3H3,(H2,11,12)(H,13,14)/t9-/m0/s1. The van der Waals surface area contributed by atoms with E-state index in [1.807, 2.05) is 13.8 Å². The van der Waals surface area contributed by atoms with Gasteiger partial charge in [-0.1, -0.05) is 13.8 Å². The van der Waals surface area contributed by atoms with Gasteiger partial charge in [-0.25, -0.2) is 0 Å². The first-order chi connectivity index (χ1) is 6.95. The number of nitrogens with two attached hydrogens (primary N) is 1. The van der Waals surface area contributed by atoms with Crippen LogP contribution in [0.3, 0.4) is 0 Å². The summed E-state index contributed by atoms with van der Waals surface area (Å²) in [5.41, 5.74) is 5.38. The molecule has 0 saturated carbocycles. The molecule has 0 aliphatic rings. The first-order valence-electron chi connectivity index (χ1n) is 5.02. The summed E-state index contributed by atoms with van der Waals surface area (Å²) in [5, 5.41) is 8.93. The topological polar surface area (TPSA) is 75.7 Å². The molecule has 0 aromatic rings. The molecule has 0 aromatic heterocycles. The number of carbonyl (C=O) groups is 1. The van der Waals surface area contributed by atoms with E-state index in [4.69, 9.17) is 10.8 Å². The molecule has 0 spiro atoms. The minimum Gasteiger partial charge on any atom is -0.481 e. The molecule has 0 rings (SSSR count). The lowest BCUT2D eigenvalue weighted by Crippen LogP contribution is -2.22. The lowest BCUT2D eigenvalue weighted by atomic mass is 9.98. The van der Waals surface area contributed by atoms with Crippen molar-refractivity contribution in [3.63, 3.8) is 0 Å². The third kappa shape index (κ3) is 7.25. The molecule has 0 aliphatic heterocycles. The van der Waals surface area contributed by atoms with Gasteiger partial charge < -0.3 is 10.8 Å². The number of amidine groups is 1. The van der Waals surface area contributed by atoms with Gasteiger partial charge in [0.25, 0.3) is 0 Å². The molecule has 15 heavy (non-hydrogen) atoms. The van der Waals surface area contributed by atoms with Gasteiger partial charge in [-0.15, -0.1) is 0 Å². The fraction of sp³-hybridized carbons (Fsp3) is 0.800. The van der Waals surface area contributed by atoms with Crippen LogP contribution < -0.4 is 5.73 Å². The highest BCUT2D eigenvalue weighted by Gasteiger charge is 2.20. The Morgan fingerprint density at radius 3 is 2.53 bits per heavy atom. The van der Waals surface area contributed by atoms with Crippen molar-refractivity contribution >= 4 is 23.6 Å². The van der Waals surface area contributed by atoms with Crippen molar-refractivity contribution < 1.29 is 9.90 Å². The monoisotopic (exact) mass is 232 g/mol. The van der Waals surface area contributed by atoms with Gasteiger partial charge in [0.1, 0.15) is 0 Å². The molecule has 88 valence electrons. The van der Waals surface area contributed by atoms with E-state index < -0.39 is 5.97 Å². The van der Waals surface area contributed by atoms with Crippen LogP contribution in [0.15, 0.2) is 4.99 Å². The van der Waals surface area contributed by atoms with E-state index in [0.29, 0.717) is 18.1 Å². The summed E-state index contributed by atoms with van der Waals surface area (Å²) in [6, 6.07) is 0. The quantitative estimate of drug-likeness (QED) is 0.396. The highest BCUT2D eigenvalue weighted by atomic mass is 32.2. The van der Waals surface area contributed by atoms with E-state index in [0.717, 1.165) is 5.75 Å². The minimum absolute atomic E-state index is 0.176. The van der Waals surface area contributed by atoms with Gasteiger partial charge >= 0.3 is 5.97 Å². The number of hydrogen-bond donors (Lipinski definition) is 2. The summed E-state index contributed by atoms with van der Waals surface area (Å²) < 4.78 is 0. The number of thioether (sulfide) groups is 1. The molecule has 0 radical (unpaired) electrons. The zero-order valence-electron chi connectivity index (χ0n) is 9.56. The zero-order chi connectivity index (χ0) is 11.8. The maximum Gasteiger partial charge on any atom is 0.307 e. The van der Waals surface area contributed by atoms with E-state index >= 15 is 0 Å². The molecular weight excluding hydrogens is 212 g/mol. The van der Waals surface area contributed by atoms with Crippen molar-refractivity contribution in [3.05, 3.63) is 0 Å². The number of aliphatic carboxylic acids is 1. The largest absolute Gasteiger partial charge is 0.481 e. The molecule has 5 heteroatoms. The number of aliphatic imine (C=N–C) groups is 1. The van der Waals surface area contributed by atoms with E-state index in [1.54, 1.807) is 18.7 Å². The van der Waals surface area contributed by atoms with Crippen LogP contribution in [0.2, 0.25) is 0 Å². The van der Waals surface area contributed by atoms with Crippen molar-refractivity contribution in [2.75, 3.05) is 18.1 Å². The molecule has 0 amide bonds. The fourth-order valence-corrected chi connectivity index (χ4v) is 2.21. The van der Waals surface area contributed by atoms with Crippen molar-refractivity contribution in [2.24, 2.45) is 22.6 Å². The van der Waals surface area contributed by atoms with Crippen molar-refractivity contribution in [2.45, 2.75) is 20.8 Å².